The Morgan fingerprint density at radius 1 is 1.20 bits per heavy atom. The van der Waals surface area contributed by atoms with E-state index in [9.17, 15) is 4.79 Å². The van der Waals surface area contributed by atoms with Crippen molar-refractivity contribution < 1.29 is 14.6 Å². The second-order valence-electron chi connectivity index (χ2n) is 4.53. The molecule has 0 saturated heterocycles. The van der Waals surface area contributed by atoms with Gasteiger partial charge in [-0.25, -0.2) is 9.78 Å². The standard InChI is InChI=1S/C16H17NO3/c1-2-3-4-12-5-7-13(8-6-12)20-14-9-10-17-15(11-14)16(18)19/h5-11H,2-4H2,1H3,(H,18,19). The van der Waals surface area contributed by atoms with Crippen molar-refractivity contribution in [3.8, 4) is 11.5 Å². The van der Waals surface area contributed by atoms with E-state index in [0.29, 0.717) is 11.5 Å². The van der Waals surface area contributed by atoms with Crippen molar-refractivity contribution in [2.75, 3.05) is 0 Å². The minimum absolute atomic E-state index is 0.0259. The highest BCUT2D eigenvalue weighted by Crippen LogP contribution is 2.22. The molecule has 4 heteroatoms. The number of carboxylic acid groups (broad SMARTS) is 1. The fourth-order valence-electron chi connectivity index (χ4n) is 1.83. The first-order chi connectivity index (χ1) is 9.69. The van der Waals surface area contributed by atoms with Gasteiger partial charge in [0.1, 0.15) is 11.5 Å². The van der Waals surface area contributed by atoms with E-state index < -0.39 is 5.97 Å². The van der Waals surface area contributed by atoms with Crippen LogP contribution in [0.15, 0.2) is 42.6 Å². The zero-order valence-electron chi connectivity index (χ0n) is 11.4. The minimum atomic E-state index is -1.06. The van der Waals surface area contributed by atoms with Gasteiger partial charge >= 0.3 is 5.97 Å². The molecule has 2 aromatic rings. The van der Waals surface area contributed by atoms with Gasteiger partial charge in [-0.3, -0.25) is 0 Å². The maximum Gasteiger partial charge on any atom is 0.354 e. The number of ether oxygens (including phenoxy) is 1. The summed E-state index contributed by atoms with van der Waals surface area (Å²) >= 11 is 0. The Labute approximate surface area is 118 Å². The van der Waals surface area contributed by atoms with Crippen molar-refractivity contribution in [3.05, 3.63) is 53.9 Å². The summed E-state index contributed by atoms with van der Waals surface area (Å²) in [5.41, 5.74) is 1.25. The van der Waals surface area contributed by atoms with Crippen LogP contribution in [-0.2, 0) is 6.42 Å². The Bertz CT molecular complexity index is 579. The van der Waals surface area contributed by atoms with Crippen molar-refractivity contribution in [3.63, 3.8) is 0 Å². The molecule has 1 N–H and O–H groups in total. The third-order valence-electron chi connectivity index (χ3n) is 2.93. The Morgan fingerprint density at radius 3 is 2.60 bits per heavy atom. The maximum absolute atomic E-state index is 10.8. The van der Waals surface area contributed by atoms with Gasteiger partial charge in [-0.15, -0.1) is 0 Å². The molecule has 0 aliphatic heterocycles. The second kappa shape index (κ2) is 6.70. The summed E-state index contributed by atoms with van der Waals surface area (Å²) < 4.78 is 5.63. The lowest BCUT2D eigenvalue weighted by Crippen LogP contribution is -1.99. The van der Waals surface area contributed by atoms with Crippen molar-refractivity contribution in [1.29, 1.82) is 0 Å². The van der Waals surface area contributed by atoms with Gasteiger partial charge in [-0.05, 0) is 36.6 Å². The van der Waals surface area contributed by atoms with Gasteiger partial charge in [0.15, 0.2) is 5.69 Å². The molecule has 0 spiro atoms. The van der Waals surface area contributed by atoms with Crippen LogP contribution < -0.4 is 4.74 Å². The first kappa shape index (κ1) is 14.1. The number of hydrogen-bond acceptors (Lipinski definition) is 3. The maximum atomic E-state index is 10.8. The fraction of sp³-hybridized carbons (Fsp3) is 0.250. The van der Waals surface area contributed by atoms with Crippen molar-refractivity contribution in [2.24, 2.45) is 0 Å². The number of hydrogen-bond donors (Lipinski definition) is 1. The largest absolute Gasteiger partial charge is 0.477 e. The normalized spacial score (nSPS) is 10.2. The average molecular weight is 271 g/mol. The summed E-state index contributed by atoms with van der Waals surface area (Å²) in [5, 5.41) is 8.88. The third-order valence-corrected chi connectivity index (χ3v) is 2.93. The lowest BCUT2D eigenvalue weighted by Gasteiger charge is -2.07. The summed E-state index contributed by atoms with van der Waals surface area (Å²) in [5.74, 6) is 0.0943. The van der Waals surface area contributed by atoms with E-state index in [2.05, 4.69) is 11.9 Å². The monoisotopic (exact) mass is 271 g/mol. The molecule has 0 amide bonds. The van der Waals surface area contributed by atoms with Gasteiger partial charge < -0.3 is 9.84 Å². The molecule has 0 aliphatic rings. The third kappa shape index (κ3) is 3.82. The van der Waals surface area contributed by atoms with Crippen LogP contribution in [-0.4, -0.2) is 16.1 Å². The molecular formula is C16H17NO3. The van der Waals surface area contributed by atoms with Gasteiger partial charge in [0.2, 0.25) is 0 Å². The van der Waals surface area contributed by atoms with Crippen LogP contribution in [0.4, 0.5) is 0 Å². The number of unbranched alkanes of at least 4 members (excludes halogenated alkanes) is 1. The molecule has 0 saturated carbocycles. The minimum Gasteiger partial charge on any atom is -0.477 e. The summed E-state index contributed by atoms with van der Waals surface area (Å²) in [6, 6.07) is 10.9. The first-order valence-electron chi connectivity index (χ1n) is 6.65. The SMILES string of the molecule is CCCCc1ccc(Oc2ccnc(C(=O)O)c2)cc1. The van der Waals surface area contributed by atoms with Crippen molar-refractivity contribution >= 4 is 5.97 Å². The number of aryl methyl sites for hydroxylation is 1. The summed E-state index contributed by atoms with van der Waals surface area (Å²) in [6.07, 6.45) is 4.84. The zero-order chi connectivity index (χ0) is 14.4. The quantitative estimate of drug-likeness (QED) is 0.865. The highest BCUT2D eigenvalue weighted by atomic mass is 16.5. The van der Waals surface area contributed by atoms with Gasteiger partial charge in [0.25, 0.3) is 0 Å². The van der Waals surface area contributed by atoms with E-state index in [1.807, 2.05) is 24.3 Å². The number of aromatic carboxylic acids is 1. The number of rotatable bonds is 6. The van der Waals surface area contributed by atoms with Crippen molar-refractivity contribution in [2.45, 2.75) is 26.2 Å². The second-order valence-corrected chi connectivity index (χ2v) is 4.53. The molecular weight excluding hydrogens is 254 g/mol. The van der Waals surface area contributed by atoms with Crippen LogP contribution in [0, 0.1) is 0 Å². The first-order valence-corrected chi connectivity index (χ1v) is 6.65. The highest BCUT2D eigenvalue weighted by molar-refractivity contribution is 5.85. The molecule has 1 heterocycles. The van der Waals surface area contributed by atoms with Gasteiger partial charge in [0.05, 0.1) is 0 Å². The van der Waals surface area contributed by atoms with Gasteiger partial charge in [0, 0.05) is 12.3 Å². The fourth-order valence-corrected chi connectivity index (χ4v) is 1.83. The molecule has 1 aromatic heterocycles. The molecule has 0 unspecified atom stereocenters. The Balaban J connectivity index is 2.06. The predicted molar refractivity (Wildman–Crippen MR) is 76.3 cm³/mol. The van der Waals surface area contributed by atoms with Gasteiger partial charge in [-0.2, -0.15) is 0 Å². The van der Waals surface area contributed by atoms with Crippen LogP contribution >= 0.6 is 0 Å². The van der Waals surface area contributed by atoms with Crippen LogP contribution in [0.2, 0.25) is 0 Å². The molecule has 0 fully saturated rings. The number of carbonyl (C=O) groups is 1. The molecule has 4 nitrogen and oxygen atoms in total. The predicted octanol–water partition coefficient (Wildman–Crippen LogP) is 3.91. The summed E-state index contributed by atoms with van der Waals surface area (Å²) in [6.45, 7) is 2.17. The lowest BCUT2D eigenvalue weighted by molar-refractivity contribution is 0.0690. The molecule has 0 bridgehead atoms. The van der Waals surface area contributed by atoms with E-state index in [-0.39, 0.29) is 5.69 Å². The number of aromatic nitrogens is 1. The molecule has 2 rings (SSSR count). The molecule has 20 heavy (non-hydrogen) atoms. The van der Waals surface area contributed by atoms with Crippen LogP contribution in [0.25, 0.3) is 0 Å². The Kier molecular flexibility index (Phi) is 4.71. The topological polar surface area (TPSA) is 59.4 Å². The number of nitrogens with zero attached hydrogens (tertiary/aromatic N) is 1. The van der Waals surface area contributed by atoms with E-state index in [4.69, 9.17) is 9.84 Å². The van der Waals surface area contributed by atoms with E-state index in [1.54, 1.807) is 6.07 Å². The van der Waals surface area contributed by atoms with E-state index in [0.717, 1.165) is 6.42 Å². The zero-order valence-corrected chi connectivity index (χ0v) is 11.4. The Hall–Kier alpha value is -2.36. The molecule has 104 valence electrons. The summed E-state index contributed by atoms with van der Waals surface area (Å²) in [7, 11) is 0. The van der Waals surface area contributed by atoms with Crippen LogP contribution in [0.3, 0.4) is 0 Å². The average Bonchev–Trinajstić information content (AvgIpc) is 2.47. The molecule has 0 atom stereocenters. The van der Waals surface area contributed by atoms with Gasteiger partial charge in [-0.1, -0.05) is 25.5 Å². The smallest absolute Gasteiger partial charge is 0.354 e. The summed E-state index contributed by atoms with van der Waals surface area (Å²) in [4.78, 5) is 14.6. The molecule has 0 aliphatic carbocycles. The van der Waals surface area contributed by atoms with E-state index in [1.165, 1.54) is 30.7 Å². The molecule has 1 aromatic carbocycles. The van der Waals surface area contributed by atoms with Crippen LogP contribution in [0.5, 0.6) is 11.5 Å². The van der Waals surface area contributed by atoms with Crippen LogP contribution in [0.1, 0.15) is 35.8 Å². The number of benzene rings is 1. The Morgan fingerprint density at radius 2 is 1.95 bits per heavy atom. The lowest BCUT2D eigenvalue weighted by atomic mass is 10.1. The van der Waals surface area contributed by atoms with E-state index >= 15 is 0 Å². The highest BCUT2D eigenvalue weighted by Gasteiger charge is 2.06. The number of carboxylic acids is 1. The molecule has 0 radical (unpaired) electrons. The number of pyridine rings is 1. The van der Waals surface area contributed by atoms with Crippen molar-refractivity contribution in [1.82, 2.24) is 4.98 Å².